The van der Waals surface area contributed by atoms with E-state index in [1.807, 2.05) is 13.8 Å². The Morgan fingerprint density at radius 3 is 2.69 bits per heavy atom. The van der Waals surface area contributed by atoms with Crippen molar-refractivity contribution in [1.82, 2.24) is 10.3 Å². The number of nitrogens with one attached hydrogen (secondary N) is 1. The van der Waals surface area contributed by atoms with Crippen LogP contribution < -0.4 is 5.32 Å². The molecule has 1 aromatic rings. The number of hydrogen-bond acceptors (Lipinski definition) is 3. The minimum absolute atomic E-state index is 0.114. The van der Waals surface area contributed by atoms with E-state index in [9.17, 15) is 4.79 Å². The summed E-state index contributed by atoms with van der Waals surface area (Å²) in [5.74, 6) is 0.114. The van der Waals surface area contributed by atoms with Gasteiger partial charge >= 0.3 is 0 Å². The number of carbonyl (C=O) groups excluding carboxylic acids is 1. The first-order chi connectivity index (χ1) is 7.63. The molecule has 1 amide bonds. The molecule has 0 saturated carbocycles. The second kappa shape index (κ2) is 6.63. The Kier molecular flexibility index (Phi) is 5.46. The van der Waals surface area contributed by atoms with Crippen molar-refractivity contribution in [2.75, 3.05) is 6.54 Å². The van der Waals surface area contributed by atoms with Gasteiger partial charge in [-0.2, -0.15) is 0 Å². The summed E-state index contributed by atoms with van der Waals surface area (Å²) < 4.78 is 0. The van der Waals surface area contributed by atoms with Crippen molar-refractivity contribution in [2.24, 2.45) is 0 Å². The molecule has 90 valence electrons. The lowest BCUT2D eigenvalue weighted by atomic mass is 10.2. The Morgan fingerprint density at radius 2 is 2.12 bits per heavy atom. The van der Waals surface area contributed by atoms with Crippen molar-refractivity contribution >= 4 is 17.2 Å². The monoisotopic (exact) mass is 240 g/mol. The number of aryl methyl sites for hydroxylation is 2. The first-order valence-electron chi connectivity index (χ1n) is 5.83. The lowest BCUT2D eigenvalue weighted by Crippen LogP contribution is -2.25. The molecule has 1 aromatic heterocycles. The highest BCUT2D eigenvalue weighted by molar-refractivity contribution is 7.11. The summed E-state index contributed by atoms with van der Waals surface area (Å²) in [6, 6.07) is 0. The Labute approximate surface area is 101 Å². The Bertz CT molecular complexity index is 347. The van der Waals surface area contributed by atoms with Gasteiger partial charge in [0, 0.05) is 11.4 Å². The van der Waals surface area contributed by atoms with Crippen LogP contribution in [0.2, 0.25) is 0 Å². The zero-order valence-corrected chi connectivity index (χ0v) is 11.1. The number of amides is 1. The maximum atomic E-state index is 11.6. The van der Waals surface area contributed by atoms with Crippen molar-refractivity contribution in [3.05, 3.63) is 15.6 Å². The third-order valence-corrected chi connectivity index (χ3v) is 3.50. The average molecular weight is 240 g/mol. The smallest absolute Gasteiger partial charge is 0.225 e. The fraction of sp³-hybridized carbons (Fsp3) is 0.667. The summed E-state index contributed by atoms with van der Waals surface area (Å²) in [6.07, 6.45) is 3.91. The van der Waals surface area contributed by atoms with Gasteiger partial charge in [-0.25, -0.2) is 4.98 Å². The van der Waals surface area contributed by atoms with E-state index in [1.54, 1.807) is 11.3 Å². The van der Waals surface area contributed by atoms with Crippen molar-refractivity contribution in [1.29, 1.82) is 0 Å². The highest BCUT2D eigenvalue weighted by Gasteiger charge is 2.09. The molecule has 0 unspecified atom stereocenters. The fourth-order valence-electron chi connectivity index (χ4n) is 1.55. The quantitative estimate of drug-likeness (QED) is 0.777. The molecule has 16 heavy (non-hydrogen) atoms. The van der Waals surface area contributed by atoms with Gasteiger partial charge in [-0.15, -0.1) is 11.3 Å². The molecule has 0 aromatic carbocycles. The minimum Gasteiger partial charge on any atom is -0.356 e. The minimum atomic E-state index is 0.114. The standard InChI is InChI=1S/C12H20N2OS/c1-4-5-6-7-13-12(15)8-11-9(2)14-10(3)16-11/h4-8H2,1-3H3,(H,13,15). The molecule has 0 fully saturated rings. The first kappa shape index (κ1) is 13.2. The van der Waals surface area contributed by atoms with Gasteiger partial charge in [0.15, 0.2) is 0 Å². The van der Waals surface area contributed by atoms with Crippen LogP contribution in [0.15, 0.2) is 0 Å². The summed E-state index contributed by atoms with van der Waals surface area (Å²) in [4.78, 5) is 17.0. The number of hydrogen-bond donors (Lipinski definition) is 1. The van der Waals surface area contributed by atoms with E-state index >= 15 is 0 Å². The topological polar surface area (TPSA) is 42.0 Å². The Morgan fingerprint density at radius 1 is 1.38 bits per heavy atom. The molecule has 0 aliphatic rings. The van der Waals surface area contributed by atoms with Gasteiger partial charge in [0.1, 0.15) is 0 Å². The molecular weight excluding hydrogens is 220 g/mol. The summed E-state index contributed by atoms with van der Waals surface area (Å²) in [7, 11) is 0. The number of nitrogens with zero attached hydrogens (tertiary/aromatic N) is 1. The van der Waals surface area contributed by atoms with Crippen molar-refractivity contribution in [2.45, 2.75) is 46.5 Å². The number of thiazole rings is 1. The molecule has 0 atom stereocenters. The zero-order chi connectivity index (χ0) is 12.0. The van der Waals surface area contributed by atoms with Gasteiger partial charge in [-0.05, 0) is 20.3 Å². The molecule has 1 rings (SSSR count). The van der Waals surface area contributed by atoms with Crippen LogP contribution in [0.4, 0.5) is 0 Å². The third kappa shape index (κ3) is 4.31. The number of rotatable bonds is 6. The van der Waals surface area contributed by atoms with Gasteiger partial charge in [0.25, 0.3) is 0 Å². The van der Waals surface area contributed by atoms with Crippen molar-refractivity contribution < 1.29 is 4.79 Å². The summed E-state index contributed by atoms with van der Waals surface area (Å²) in [6.45, 7) is 6.89. The highest BCUT2D eigenvalue weighted by atomic mass is 32.1. The normalized spacial score (nSPS) is 10.4. The second-order valence-corrected chi connectivity index (χ2v) is 5.26. The molecule has 0 bridgehead atoms. The fourth-order valence-corrected chi connectivity index (χ4v) is 2.48. The van der Waals surface area contributed by atoms with Gasteiger partial charge in [0.2, 0.25) is 5.91 Å². The molecule has 1 N–H and O–H groups in total. The third-order valence-electron chi connectivity index (χ3n) is 2.42. The zero-order valence-electron chi connectivity index (χ0n) is 10.3. The molecular formula is C12H20N2OS. The predicted molar refractivity (Wildman–Crippen MR) is 67.8 cm³/mol. The van der Waals surface area contributed by atoms with E-state index in [4.69, 9.17) is 0 Å². The number of unbranched alkanes of at least 4 members (excludes halogenated alkanes) is 2. The van der Waals surface area contributed by atoms with Crippen molar-refractivity contribution in [3.63, 3.8) is 0 Å². The Balaban J connectivity index is 2.31. The van der Waals surface area contributed by atoms with Gasteiger partial charge in [-0.1, -0.05) is 19.8 Å². The van der Waals surface area contributed by atoms with Gasteiger partial charge < -0.3 is 5.32 Å². The second-order valence-electron chi connectivity index (χ2n) is 3.98. The van der Waals surface area contributed by atoms with E-state index in [1.165, 1.54) is 12.8 Å². The van der Waals surface area contributed by atoms with E-state index in [-0.39, 0.29) is 5.91 Å². The molecule has 3 nitrogen and oxygen atoms in total. The molecule has 0 aliphatic heterocycles. The maximum absolute atomic E-state index is 11.6. The summed E-state index contributed by atoms with van der Waals surface area (Å²) in [5, 5.41) is 3.98. The SMILES string of the molecule is CCCCCNC(=O)Cc1sc(C)nc1C. The molecule has 1 heterocycles. The first-order valence-corrected chi connectivity index (χ1v) is 6.64. The molecule has 4 heteroatoms. The van der Waals surface area contributed by atoms with Gasteiger partial charge in [0.05, 0.1) is 17.1 Å². The lowest BCUT2D eigenvalue weighted by molar-refractivity contribution is -0.120. The van der Waals surface area contributed by atoms with E-state index in [2.05, 4.69) is 17.2 Å². The van der Waals surface area contributed by atoms with Crippen LogP contribution in [0.3, 0.4) is 0 Å². The maximum Gasteiger partial charge on any atom is 0.225 e. The Hall–Kier alpha value is -0.900. The summed E-state index contributed by atoms with van der Waals surface area (Å²) >= 11 is 1.61. The summed E-state index contributed by atoms with van der Waals surface area (Å²) in [5.41, 5.74) is 0.992. The van der Waals surface area contributed by atoms with Crippen LogP contribution >= 0.6 is 11.3 Å². The van der Waals surface area contributed by atoms with Crippen LogP contribution in [0.25, 0.3) is 0 Å². The van der Waals surface area contributed by atoms with E-state index < -0.39 is 0 Å². The predicted octanol–water partition coefficient (Wildman–Crippen LogP) is 2.61. The van der Waals surface area contributed by atoms with E-state index in [0.29, 0.717) is 6.42 Å². The van der Waals surface area contributed by atoms with Crippen LogP contribution in [-0.2, 0) is 11.2 Å². The number of carbonyl (C=O) groups is 1. The molecule has 0 saturated heterocycles. The van der Waals surface area contributed by atoms with Crippen molar-refractivity contribution in [3.8, 4) is 0 Å². The molecule has 0 spiro atoms. The van der Waals surface area contributed by atoms with Crippen LogP contribution in [-0.4, -0.2) is 17.4 Å². The molecule has 0 radical (unpaired) electrons. The van der Waals surface area contributed by atoms with Crippen LogP contribution in [0, 0.1) is 13.8 Å². The van der Waals surface area contributed by atoms with Crippen LogP contribution in [0.1, 0.15) is 41.8 Å². The molecule has 0 aliphatic carbocycles. The lowest BCUT2D eigenvalue weighted by Gasteiger charge is -2.03. The average Bonchev–Trinajstić information content (AvgIpc) is 2.52. The van der Waals surface area contributed by atoms with Crippen LogP contribution in [0.5, 0.6) is 0 Å². The highest BCUT2D eigenvalue weighted by Crippen LogP contribution is 2.17. The largest absolute Gasteiger partial charge is 0.356 e. The van der Waals surface area contributed by atoms with Gasteiger partial charge in [-0.3, -0.25) is 4.79 Å². The van der Waals surface area contributed by atoms with E-state index in [0.717, 1.165) is 28.5 Å². The number of aromatic nitrogens is 1.